The maximum absolute atomic E-state index is 12.9. The zero-order valence-electron chi connectivity index (χ0n) is 18.7. The molecule has 1 aliphatic heterocycles. The Labute approximate surface area is 187 Å². The molecule has 10 nitrogen and oxygen atoms in total. The van der Waals surface area contributed by atoms with Gasteiger partial charge in [-0.15, -0.1) is 0 Å². The van der Waals surface area contributed by atoms with Crippen molar-refractivity contribution >= 4 is 35.5 Å². The topological polar surface area (TPSA) is 162 Å². The first-order chi connectivity index (χ1) is 14.5. The van der Waals surface area contributed by atoms with E-state index in [0.717, 1.165) is 0 Å². The molecule has 0 bridgehead atoms. The normalized spacial score (nSPS) is 20.1. The number of likely N-dealkylation sites (tertiary alicyclic amines) is 1. The van der Waals surface area contributed by atoms with Crippen LogP contribution in [0, 0.1) is 5.92 Å². The van der Waals surface area contributed by atoms with Gasteiger partial charge in [0, 0.05) is 6.54 Å². The Morgan fingerprint density at radius 3 is 2.32 bits per heavy atom. The van der Waals surface area contributed by atoms with Crippen LogP contribution in [0.15, 0.2) is 0 Å². The predicted octanol–water partition coefficient (Wildman–Crippen LogP) is -0.461. The van der Waals surface area contributed by atoms with Crippen molar-refractivity contribution in [1.82, 2.24) is 15.5 Å². The number of rotatable bonds is 12. The fourth-order valence-corrected chi connectivity index (χ4v) is 3.91. The van der Waals surface area contributed by atoms with Gasteiger partial charge < -0.3 is 31.5 Å². The van der Waals surface area contributed by atoms with Crippen LogP contribution in [0.2, 0.25) is 0 Å². The van der Waals surface area contributed by atoms with Crippen LogP contribution in [0.1, 0.15) is 46.5 Å². The zero-order valence-corrected chi connectivity index (χ0v) is 19.5. The Kier molecular flexibility index (Phi) is 11.3. The zero-order chi connectivity index (χ0) is 23.7. The minimum atomic E-state index is -1.13. The molecule has 0 aliphatic carbocycles. The summed E-state index contributed by atoms with van der Waals surface area (Å²) in [6.07, 6.45) is 2.43. The number of nitrogens with two attached hydrogens (primary N) is 1. The number of carbonyl (C=O) groups is 4. The number of amides is 3. The lowest BCUT2D eigenvalue weighted by atomic mass is 10.0. The number of nitrogens with zero attached hydrogens (tertiary/aromatic N) is 1. The van der Waals surface area contributed by atoms with E-state index in [4.69, 9.17) is 5.73 Å². The van der Waals surface area contributed by atoms with Crippen LogP contribution in [0.3, 0.4) is 0 Å². The number of hydrogen-bond acceptors (Lipinski definition) is 7. The third-order valence-electron chi connectivity index (χ3n) is 5.21. The Balaban J connectivity index is 2.90. The number of carbonyl (C=O) groups excluding carboxylic acids is 3. The van der Waals surface area contributed by atoms with E-state index in [1.807, 2.05) is 20.1 Å². The summed E-state index contributed by atoms with van der Waals surface area (Å²) in [6, 6.07) is -3.88. The third kappa shape index (κ3) is 8.30. The van der Waals surface area contributed by atoms with Gasteiger partial charge in [-0.05, 0) is 50.5 Å². The van der Waals surface area contributed by atoms with Crippen LogP contribution in [0.5, 0.6) is 0 Å². The smallest absolute Gasteiger partial charge is 0.326 e. The average Bonchev–Trinajstić information content (AvgIpc) is 3.18. The van der Waals surface area contributed by atoms with Gasteiger partial charge >= 0.3 is 5.97 Å². The van der Waals surface area contributed by atoms with Crippen LogP contribution in [0.25, 0.3) is 0 Å². The molecule has 178 valence electrons. The van der Waals surface area contributed by atoms with Crippen LogP contribution >= 0.6 is 11.8 Å². The molecular weight excluding hydrogens is 424 g/mol. The van der Waals surface area contributed by atoms with Crippen molar-refractivity contribution in [2.45, 2.75) is 76.7 Å². The average molecular weight is 461 g/mol. The molecule has 1 saturated heterocycles. The van der Waals surface area contributed by atoms with Crippen molar-refractivity contribution in [3.8, 4) is 0 Å². The molecule has 1 rings (SSSR count). The second-order valence-electron chi connectivity index (χ2n) is 8.33. The monoisotopic (exact) mass is 460 g/mol. The third-order valence-corrected chi connectivity index (χ3v) is 5.85. The molecule has 6 N–H and O–H groups in total. The van der Waals surface area contributed by atoms with Gasteiger partial charge in [-0.1, -0.05) is 13.8 Å². The Hall–Kier alpha value is -1.85. The minimum absolute atomic E-state index is 0.0665. The maximum Gasteiger partial charge on any atom is 0.326 e. The van der Waals surface area contributed by atoms with Gasteiger partial charge in [0.15, 0.2) is 0 Å². The Morgan fingerprint density at radius 1 is 1.16 bits per heavy atom. The molecule has 1 aliphatic rings. The SMILES string of the molecule is CSCCC(NC(=O)C1CCCN1C(=O)C(N)C(C)O)C(=O)NC(CC(C)C)C(=O)O. The lowest BCUT2D eigenvalue weighted by molar-refractivity contribution is -0.143. The highest BCUT2D eigenvalue weighted by Crippen LogP contribution is 2.19. The molecule has 0 saturated carbocycles. The van der Waals surface area contributed by atoms with Gasteiger partial charge in [0.25, 0.3) is 0 Å². The van der Waals surface area contributed by atoms with E-state index in [-0.39, 0.29) is 12.3 Å². The highest BCUT2D eigenvalue weighted by atomic mass is 32.2. The first-order valence-electron chi connectivity index (χ1n) is 10.6. The first kappa shape index (κ1) is 27.2. The molecule has 3 amide bonds. The molecule has 1 heterocycles. The summed E-state index contributed by atoms with van der Waals surface area (Å²) in [6.45, 7) is 5.47. The lowest BCUT2D eigenvalue weighted by Crippen LogP contribution is -2.57. The number of aliphatic carboxylic acids is 1. The number of aliphatic hydroxyl groups is 1. The fraction of sp³-hybridized carbons (Fsp3) is 0.800. The number of carboxylic acids is 1. The fourth-order valence-electron chi connectivity index (χ4n) is 3.44. The van der Waals surface area contributed by atoms with E-state index in [2.05, 4.69) is 10.6 Å². The molecule has 0 spiro atoms. The van der Waals surface area contributed by atoms with Gasteiger partial charge in [-0.2, -0.15) is 11.8 Å². The van der Waals surface area contributed by atoms with Crippen molar-refractivity contribution in [3.05, 3.63) is 0 Å². The molecular formula is C20H36N4O6S. The second-order valence-corrected chi connectivity index (χ2v) is 9.31. The van der Waals surface area contributed by atoms with Crippen molar-refractivity contribution in [2.24, 2.45) is 11.7 Å². The van der Waals surface area contributed by atoms with Gasteiger partial charge in [0.2, 0.25) is 17.7 Å². The molecule has 0 aromatic heterocycles. The van der Waals surface area contributed by atoms with Crippen LogP contribution in [-0.2, 0) is 19.2 Å². The van der Waals surface area contributed by atoms with E-state index in [1.54, 1.807) is 0 Å². The Bertz CT molecular complexity index is 645. The van der Waals surface area contributed by atoms with Gasteiger partial charge in [-0.25, -0.2) is 4.79 Å². The molecule has 1 fully saturated rings. The summed E-state index contributed by atoms with van der Waals surface area (Å²) in [5.41, 5.74) is 5.74. The number of carboxylic acid groups (broad SMARTS) is 1. The van der Waals surface area contributed by atoms with Crippen molar-refractivity contribution in [3.63, 3.8) is 0 Å². The summed E-state index contributed by atoms with van der Waals surface area (Å²) in [7, 11) is 0. The molecule has 0 aromatic carbocycles. The number of thioether (sulfide) groups is 1. The molecule has 0 radical (unpaired) electrons. The first-order valence-corrected chi connectivity index (χ1v) is 12.0. The van der Waals surface area contributed by atoms with Crippen LogP contribution < -0.4 is 16.4 Å². The molecule has 5 unspecified atom stereocenters. The summed E-state index contributed by atoms with van der Waals surface area (Å²) in [5, 5.41) is 24.2. The van der Waals surface area contributed by atoms with Crippen molar-refractivity contribution < 1.29 is 29.4 Å². The van der Waals surface area contributed by atoms with Crippen molar-refractivity contribution in [2.75, 3.05) is 18.6 Å². The number of aliphatic hydroxyl groups excluding tert-OH is 1. The standard InChI is InChI=1S/C20H36N4O6S/c1-11(2)10-14(20(29)30)23-17(26)13(7-9-31-4)22-18(27)15-6-5-8-24(15)19(28)16(21)12(3)25/h11-16,25H,5-10,21H2,1-4H3,(H,22,27)(H,23,26)(H,29,30). The summed E-state index contributed by atoms with van der Waals surface area (Å²) in [4.78, 5) is 51.1. The van der Waals surface area contributed by atoms with Crippen molar-refractivity contribution in [1.29, 1.82) is 0 Å². The van der Waals surface area contributed by atoms with E-state index in [9.17, 15) is 29.4 Å². The molecule has 0 aromatic rings. The van der Waals surface area contributed by atoms with E-state index < -0.39 is 54.0 Å². The van der Waals surface area contributed by atoms with Gasteiger partial charge in [0.05, 0.1) is 6.10 Å². The maximum atomic E-state index is 12.9. The molecule has 31 heavy (non-hydrogen) atoms. The highest BCUT2D eigenvalue weighted by Gasteiger charge is 2.38. The molecule has 5 atom stereocenters. The summed E-state index contributed by atoms with van der Waals surface area (Å²) >= 11 is 1.50. The van der Waals surface area contributed by atoms with Crippen LogP contribution in [-0.4, -0.2) is 87.6 Å². The van der Waals surface area contributed by atoms with E-state index in [0.29, 0.717) is 31.6 Å². The lowest BCUT2D eigenvalue weighted by Gasteiger charge is -2.29. The number of nitrogens with one attached hydrogen (secondary N) is 2. The van der Waals surface area contributed by atoms with E-state index in [1.165, 1.54) is 23.6 Å². The molecule has 11 heteroatoms. The largest absolute Gasteiger partial charge is 0.480 e. The highest BCUT2D eigenvalue weighted by molar-refractivity contribution is 7.98. The number of hydrogen-bond donors (Lipinski definition) is 5. The second kappa shape index (κ2) is 12.9. The van der Waals surface area contributed by atoms with E-state index >= 15 is 0 Å². The summed E-state index contributed by atoms with van der Waals surface area (Å²) < 4.78 is 0. The quantitative estimate of drug-likeness (QED) is 0.261. The Morgan fingerprint density at radius 2 is 1.81 bits per heavy atom. The van der Waals surface area contributed by atoms with Gasteiger partial charge in [-0.3, -0.25) is 14.4 Å². The minimum Gasteiger partial charge on any atom is -0.480 e. The van der Waals surface area contributed by atoms with Crippen LogP contribution in [0.4, 0.5) is 0 Å². The summed E-state index contributed by atoms with van der Waals surface area (Å²) in [5.74, 6) is -2.04. The van der Waals surface area contributed by atoms with Gasteiger partial charge in [0.1, 0.15) is 24.2 Å². The predicted molar refractivity (Wildman–Crippen MR) is 118 cm³/mol.